The third kappa shape index (κ3) is 6.01. The third-order valence-electron chi connectivity index (χ3n) is 4.77. The number of methoxy groups -OCH3 is 1. The number of hydrogen-bond acceptors (Lipinski definition) is 3. The molecule has 26 heavy (non-hydrogen) atoms. The van der Waals surface area contributed by atoms with Gasteiger partial charge >= 0.3 is 5.97 Å². The van der Waals surface area contributed by atoms with Crippen LogP contribution in [0.4, 0.5) is 0 Å². The van der Waals surface area contributed by atoms with Crippen LogP contribution in [0.5, 0.6) is 0 Å². The molecule has 0 aliphatic heterocycles. The van der Waals surface area contributed by atoms with Crippen molar-refractivity contribution >= 4 is 20.0 Å². The van der Waals surface area contributed by atoms with Gasteiger partial charge in [-0.3, -0.25) is 4.79 Å². The average molecular weight is 376 g/mol. The first-order valence-electron chi connectivity index (χ1n) is 8.60. The molecule has 0 saturated heterocycles. The van der Waals surface area contributed by atoms with Crippen molar-refractivity contribution in [1.29, 1.82) is 0 Å². The lowest BCUT2D eigenvalue weighted by molar-refractivity contribution is -0.143. The molecule has 2 N–H and O–H groups in total. The second-order valence-electron chi connectivity index (χ2n) is 7.81. The SMILES string of the molecule is CO[C@@H](C(=O)N[C@@H](CC#C[Si](C)(C)C(C)(C)C)C(=O)O)c1ccccc1. The molecular formula is C20H29NO4Si. The Hall–Kier alpha value is -2.10. The molecule has 0 fully saturated rings. The zero-order chi connectivity index (χ0) is 20.0. The number of benzene rings is 1. The van der Waals surface area contributed by atoms with Crippen molar-refractivity contribution in [3.8, 4) is 11.5 Å². The van der Waals surface area contributed by atoms with Crippen LogP contribution in [0.15, 0.2) is 30.3 Å². The summed E-state index contributed by atoms with van der Waals surface area (Å²) in [6.45, 7) is 10.8. The van der Waals surface area contributed by atoms with Gasteiger partial charge in [0.2, 0.25) is 0 Å². The van der Waals surface area contributed by atoms with Gasteiger partial charge in [-0.05, 0) is 10.6 Å². The fourth-order valence-electron chi connectivity index (χ4n) is 2.03. The minimum Gasteiger partial charge on any atom is -0.480 e. The molecule has 0 bridgehead atoms. The number of amides is 1. The van der Waals surface area contributed by atoms with E-state index < -0.39 is 32.1 Å². The van der Waals surface area contributed by atoms with Crippen LogP contribution in [0.25, 0.3) is 0 Å². The lowest BCUT2D eigenvalue weighted by Gasteiger charge is -2.31. The molecule has 5 nitrogen and oxygen atoms in total. The van der Waals surface area contributed by atoms with Crippen LogP contribution in [0.3, 0.4) is 0 Å². The minimum atomic E-state index is -1.82. The normalized spacial score (nSPS) is 13.9. The van der Waals surface area contributed by atoms with Gasteiger partial charge in [0.15, 0.2) is 6.10 Å². The summed E-state index contributed by atoms with van der Waals surface area (Å²) in [5.41, 5.74) is 3.95. The van der Waals surface area contributed by atoms with E-state index in [0.29, 0.717) is 5.56 Å². The highest BCUT2D eigenvalue weighted by atomic mass is 28.3. The predicted octanol–water partition coefficient (Wildman–Crippen LogP) is 3.38. The van der Waals surface area contributed by atoms with E-state index >= 15 is 0 Å². The Morgan fingerprint density at radius 1 is 1.23 bits per heavy atom. The maximum Gasteiger partial charge on any atom is 0.327 e. The largest absolute Gasteiger partial charge is 0.480 e. The van der Waals surface area contributed by atoms with Crippen LogP contribution in [0.2, 0.25) is 18.1 Å². The van der Waals surface area contributed by atoms with Crippen LogP contribution in [-0.4, -0.2) is 38.2 Å². The second kappa shape index (κ2) is 9.02. The van der Waals surface area contributed by atoms with E-state index in [1.165, 1.54) is 7.11 Å². The highest BCUT2D eigenvalue weighted by molar-refractivity contribution is 6.87. The van der Waals surface area contributed by atoms with Crippen LogP contribution < -0.4 is 5.32 Å². The Labute approximate surface area is 157 Å². The van der Waals surface area contributed by atoms with E-state index in [4.69, 9.17) is 4.74 Å². The van der Waals surface area contributed by atoms with Gasteiger partial charge in [-0.25, -0.2) is 4.79 Å². The molecule has 0 heterocycles. The predicted molar refractivity (Wildman–Crippen MR) is 105 cm³/mol. The molecule has 0 unspecified atom stereocenters. The lowest BCUT2D eigenvalue weighted by Crippen LogP contribution is -2.43. The number of nitrogens with one attached hydrogen (secondary N) is 1. The number of carboxylic acids is 1. The zero-order valence-corrected chi connectivity index (χ0v) is 17.4. The highest BCUT2D eigenvalue weighted by Gasteiger charge is 2.33. The number of carboxylic acid groups (broad SMARTS) is 1. The molecule has 0 aromatic heterocycles. The molecule has 0 spiro atoms. The molecule has 2 atom stereocenters. The molecule has 1 aromatic rings. The molecule has 1 rings (SSSR count). The topological polar surface area (TPSA) is 75.6 Å². The maximum atomic E-state index is 12.5. The Morgan fingerprint density at radius 2 is 1.81 bits per heavy atom. The van der Waals surface area contributed by atoms with Crippen molar-refractivity contribution in [3.05, 3.63) is 35.9 Å². The molecule has 0 aliphatic rings. The number of rotatable bonds is 6. The van der Waals surface area contributed by atoms with Gasteiger partial charge in [-0.2, -0.15) is 0 Å². The number of hydrogen-bond donors (Lipinski definition) is 2. The minimum absolute atomic E-state index is 0.0683. The van der Waals surface area contributed by atoms with Gasteiger partial charge in [-0.1, -0.05) is 64.2 Å². The van der Waals surface area contributed by atoms with Crippen LogP contribution in [0, 0.1) is 11.5 Å². The van der Waals surface area contributed by atoms with Crippen LogP contribution in [-0.2, 0) is 14.3 Å². The molecular weight excluding hydrogens is 346 g/mol. The smallest absolute Gasteiger partial charge is 0.327 e. The van der Waals surface area contributed by atoms with Crippen LogP contribution >= 0.6 is 0 Å². The average Bonchev–Trinajstić information content (AvgIpc) is 2.54. The number of carbonyl (C=O) groups excluding carboxylic acids is 1. The fraction of sp³-hybridized carbons (Fsp3) is 0.500. The van der Waals surface area contributed by atoms with Crippen molar-refractivity contribution in [2.45, 2.75) is 57.5 Å². The summed E-state index contributed by atoms with van der Waals surface area (Å²) in [5.74, 6) is 1.40. The fourth-order valence-corrected chi connectivity index (χ4v) is 2.95. The first-order chi connectivity index (χ1) is 12.0. The van der Waals surface area contributed by atoms with Crippen molar-refractivity contribution in [1.82, 2.24) is 5.32 Å². The van der Waals surface area contributed by atoms with Gasteiger partial charge in [-0.15, -0.1) is 11.5 Å². The molecule has 6 heteroatoms. The van der Waals surface area contributed by atoms with Gasteiger partial charge < -0.3 is 15.2 Å². The summed E-state index contributed by atoms with van der Waals surface area (Å²) in [7, 11) is -0.398. The Kier molecular flexibility index (Phi) is 7.61. The Bertz CT molecular complexity index is 683. The first-order valence-corrected chi connectivity index (χ1v) is 11.6. The van der Waals surface area contributed by atoms with E-state index in [-0.39, 0.29) is 11.5 Å². The molecule has 0 radical (unpaired) electrons. The third-order valence-corrected chi connectivity index (χ3v) is 9.32. The van der Waals surface area contributed by atoms with Gasteiger partial charge in [0.1, 0.15) is 14.1 Å². The quantitative estimate of drug-likeness (QED) is 0.590. The number of carbonyl (C=O) groups is 2. The van der Waals surface area contributed by atoms with E-state index in [1.54, 1.807) is 24.3 Å². The molecule has 1 aromatic carbocycles. The number of ether oxygens (including phenoxy) is 1. The second-order valence-corrected chi connectivity index (χ2v) is 12.8. The summed E-state index contributed by atoms with van der Waals surface area (Å²) in [5, 5.41) is 12.1. The van der Waals surface area contributed by atoms with E-state index in [0.717, 1.165) is 0 Å². The van der Waals surface area contributed by atoms with Crippen LogP contribution in [0.1, 0.15) is 38.9 Å². The lowest BCUT2D eigenvalue weighted by atomic mass is 10.1. The van der Waals surface area contributed by atoms with E-state index in [9.17, 15) is 14.7 Å². The standard InChI is InChI=1S/C20H29NO4Si/c1-20(2,3)26(5,6)14-10-13-16(19(23)24)21-18(22)17(25-4)15-11-8-7-9-12-15/h7-9,11-12,16-17H,13H2,1-6H3,(H,21,22)(H,23,24)/t16-,17+/m0/s1. The summed E-state index contributed by atoms with van der Waals surface area (Å²) >= 11 is 0. The van der Waals surface area contributed by atoms with Crippen molar-refractivity contribution in [2.75, 3.05) is 7.11 Å². The summed E-state index contributed by atoms with van der Waals surface area (Å²) in [6, 6.07) is 7.90. The van der Waals surface area contributed by atoms with Gasteiger partial charge in [0.05, 0.1) is 0 Å². The molecule has 0 saturated carbocycles. The Morgan fingerprint density at radius 3 is 2.27 bits per heavy atom. The van der Waals surface area contributed by atoms with Gasteiger partial charge in [0.25, 0.3) is 5.91 Å². The summed E-state index contributed by atoms with van der Waals surface area (Å²) in [6.07, 6.45) is -0.787. The summed E-state index contributed by atoms with van der Waals surface area (Å²) < 4.78 is 5.25. The van der Waals surface area contributed by atoms with Crippen molar-refractivity contribution in [3.63, 3.8) is 0 Å². The number of aliphatic carboxylic acids is 1. The zero-order valence-electron chi connectivity index (χ0n) is 16.4. The van der Waals surface area contributed by atoms with E-state index in [2.05, 4.69) is 50.6 Å². The molecule has 1 amide bonds. The monoisotopic (exact) mass is 375 g/mol. The Balaban J connectivity index is 2.86. The molecule has 0 aliphatic carbocycles. The van der Waals surface area contributed by atoms with Crippen molar-refractivity contribution in [2.24, 2.45) is 0 Å². The van der Waals surface area contributed by atoms with E-state index in [1.807, 2.05) is 6.07 Å². The molecule has 142 valence electrons. The van der Waals surface area contributed by atoms with Gasteiger partial charge in [0, 0.05) is 13.5 Å². The maximum absolute atomic E-state index is 12.5. The first kappa shape index (κ1) is 21.9. The van der Waals surface area contributed by atoms with Crippen molar-refractivity contribution < 1.29 is 19.4 Å². The highest BCUT2D eigenvalue weighted by Crippen LogP contribution is 2.35. The summed E-state index contributed by atoms with van der Waals surface area (Å²) in [4.78, 5) is 24.0.